The highest BCUT2D eigenvalue weighted by molar-refractivity contribution is 14.1. The van der Waals surface area contributed by atoms with Crippen LogP contribution in [0.4, 0.5) is 0 Å². The molecule has 6 heteroatoms. The van der Waals surface area contributed by atoms with Gasteiger partial charge in [0.15, 0.2) is 0 Å². The Morgan fingerprint density at radius 2 is 1.46 bits per heavy atom. The van der Waals surface area contributed by atoms with E-state index in [1.165, 1.54) is 10.1 Å². The molecule has 0 N–H and O–H groups in total. The zero-order valence-corrected chi connectivity index (χ0v) is 18.0. The molecule has 0 aliphatic heterocycles. The zero-order valence-electron chi connectivity index (χ0n) is 15.8. The minimum atomic E-state index is -0.328. The Kier molecular flexibility index (Phi) is 7.22. The van der Waals surface area contributed by atoms with Crippen LogP contribution in [0.25, 0.3) is 0 Å². The molecule has 0 aliphatic rings. The van der Waals surface area contributed by atoms with Crippen LogP contribution in [0.5, 0.6) is 0 Å². The fraction of sp³-hybridized carbons (Fsp3) is 0.273. The molecule has 0 atom stereocenters. The molecule has 0 amide bonds. The summed E-state index contributed by atoms with van der Waals surface area (Å²) in [5.74, 6) is 0. The predicted octanol–water partition coefficient (Wildman–Crippen LogP) is 3.44. The Morgan fingerprint density at radius 1 is 0.857 bits per heavy atom. The average molecular weight is 490 g/mol. The number of benzene rings is 2. The lowest BCUT2D eigenvalue weighted by Crippen LogP contribution is -2.44. The fourth-order valence-electron chi connectivity index (χ4n) is 3.08. The predicted molar refractivity (Wildman–Crippen MR) is 119 cm³/mol. The van der Waals surface area contributed by atoms with Crippen molar-refractivity contribution in [2.45, 2.75) is 33.0 Å². The van der Waals surface area contributed by atoms with Gasteiger partial charge in [-0.15, -0.1) is 0 Å². The standard InChI is InChI=1S/C22H23IN2O3/c1-2-28-16-25-19(14-13-17-9-5-3-6-10-17)20(23)21(26)24(22(25)27)15-18-11-7-4-8-12-18/h3-12H,2,13-16H2,1H3. The van der Waals surface area contributed by atoms with E-state index >= 15 is 0 Å². The average Bonchev–Trinajstić information content (AvgIpc) is 2.73. The van der Waals surface area contributed by atoms with Gasteiger partial charge in [0.1, 0.15) is 6.73 Å². The van der Waals surface area contributed by atoms with Crippen molar-refractivity contribution in [2.75, 3.05) is 6.61 Å². The van der Waals surface area contributed by atoms with E-state index < -0.39 is 0 Å². The number of rotatable bonds is 8. The molecule has 0 radical (unpaired) electrons. The van der Waals surface area contributed by atoms with Crippen LogP contribution in [0.2, 0.25) is 0 Å². The van der Waals surface area contributed by atoms with Crippen molar-refractivity contribution in [2.24, 2.45) is 0 Å². The summed E-state index contributed by atoms with van der Waals surface area (Å²) in [6.07, 6.45) is 1.36. The molecule has 0 bridgehead atoms. The van der Waals surface area contributed by atoms with Gasteiger partial charge in [-0.25, -0.2) is 4.79 Å². The van der Waals surface area contributed by atoms with Crippen LogP contribution in [0.1, 0.15) is 23.7 Å². The van der Waals surface area contributed by atoms with Gasteiger partial charge in [0, 0.05) is 12.3 Å². The summed E-state index contributed by atoms with van der Waals surface area (Å²) in [4.78, 5) is 26.1. The maximum Gasteiger partial charge on any atom is 0.333 e. The van der Waals surface area contributed by atoms with Crippen LogP contribution in [-0.4, -0.2) is 15.7 Å². The summed E-state index contributed by atoms with van der Waals surface area (Å²) < 4.78 is 9.00. The first kappa shape index (κ1) is 20.5. The Labute approximate surface area is 177 Å². The number of hydrogen-bond acceptors (Lipinski definition) is 3. The minimum absolute atomic E-state index is 0.143. The van der Waals surface area contributed by atoms with Crippen molar-refractivity contribution in [3.63, 3.8) is 0 Å². The Bertz CT molecular complexity index is 1030. The summed E-state index contributed by atoms with van der Waals surface area (Å²) in [6, 6.07) is 19.6. The van der Waals surface area contributed by atoms with Gasteiger partial charge in [-0.1, -0.05) is 60.7 Å². The summed E-state index contributed by atoms with van der Waals surface area (Å²) in [5, 5.41) is 0. The normalized spacial score (nSPS) is 10.9. The molecule has 2 aromatic carbocycles. The number of hydrogen-bond donors (Lipinski definition) is 0. The van der Waals surface area contributed by atoms with E-state index in [1.54, 1.807) is 4.57 Å². The summed E-state index contributed by atoms with van der Waals surface area (Å²) in [5.41, 5.74) is 2.24. The molecule has 146 valence electrons. The first-order chi connectivity index (χ1) is 13.6. The van der Waals surface area contributed by atoms with Crippen molar-refractivity contribution in [1.29, 1.82) is 0 Å². The molecule has 0 spiro atoms. The lowest BCUT2D eigenvalue weighted by molar-refractivity contribution is 0.0808. The lowest BCUT2D eigenvalue weighted by Gasteiger charge is -2.17. The van der Waals surface area contributed by atoms with E-state index in [9.17, 15) is 9.59 Å². The van der Waals surface area contributed by atoms with Gasteiger partial charge in [0.05, 0.1) is 10.1 Å². The largest absolute Gasteiger partial charge is 0.361 e. The molecule has 3 aromatic rings. The molecule has 0 saturated carbocycles. The van der Waals surface area contributed by atoms with Crippen molar-refractivity contribution < 1.29 is 4.74 Å². The topological polar surface area (TPSA) is 53.2 Å². The van der Waals surface area contributed by atoms with Gasteiger partial charge >= 0.3 is 5.69 Å². The maximum absolute atomic E-state index is 13.1. The Morgan fingerprint density at radius 3 is 2.07 bits per heavy atom. The van der Waals surface area contributed by atoms with Crippen molar-refractivity contribution in [3.8, 4) is 0 Å². The second-order valence-electron chi connectivity index (χ2n) is 6.46. The summed E-state index contributed by atoms with van der Waals surface area (Å²) in [6.45, 7) is 2.78. The van der Waals surface area contributed by atoms with Crippen LogP contribution >= 0.6 is 22.6 Å². The smallest absolute Gasteiger partial charge is 0.333 e. The SMILES string of the molecule is CCOCn1c(CCc2ccccc2)c(I)c(=O)n(Cc2ccccc2)c1=O. The monoisotopic (exact) mass is 490 g/mol. The van der Waals surface area contributed by atoms with Gasteiger partial charge in [-0.3, -0.25) is 13.9 Å². The van der Waals surface area contributed by atoms with E-state index in [2.05, 4.69) is 34.7 Å². The highest BCUT2D eigenvalue weighted by Crippen LogP contribution is 2.12. The summed E-state index contributed by atoms with van der Waals surface area (Å²) >= 11 is 2.06. The second kappa shape index (κ2) is 9.84. The highest BCUT2D eigenvalue weighted by Gasteiger charge is 2.17. The van der Waals surface area contributed by atoms with Crippen molar-refractivity contribution in [3.05, 3.63) is 102 Å². The Balaban J connectivity index is 2.01. The molecule has 0 unspecified atom stereocenters. The highest BCUT2D eigenvalue weighted by atomic mass is 127. The van der Waals surface area contributed by atoms with Gasteiger partial charge in [0.2, 0.25) is 0 Å². The van der Waals surface area contributed by atoms with Crippen LogP contribution in [-0.2, 0) is 30.9 Å². The molecule has 28 heavy (non-hydrogen) atoms. The number of halogens is 1. The number of nitrogens with zero attached hydrogens (tertiary/aromatic N) is 2. The van der Waals surface area contributed by atoms with Crippen LogP contribution in [0.3, 0.4) is 0 Å². The van der Waals surface area contributed by atoms with E-state index in [0.717, 1.165) is 17.7 Å². The van der Waals surface area contributed by atoms with Gasteiger partial charge in [0.25, 0.3) is 5.56 Å². The van der Waals surface area contributed by atoms with E-state index in [1.807, 2.05) is 55.5 Å². The second-order valence-corrected chi connectivity index (χ2v) is 7.53. The third kappa shape index (κ3) is 4.80. The molecular formula is C22H23IN2O3. The quantitative estimate of drug-likeness (QED) is 0.455. The zero-order chi connectivity index (χ0) is 19.9. The molecule has 5 nitrogen and oxygen atoms in total. The summed E-state index contributed by atoms with van der Waals surface area (Å²) in [7, 11) is 0. The molecule has 0 fully saturated rings. The van der Waals surface area contributed by atoms with Crippen molar-refractivity contribution >= 4 is 22.6 Å². The van der Waals surface area contributed by atoms with Gasteiger partial charge in [-0.2, -0.15) is 0 Å². The molecule has 1 heterocycles. The molecule has 3 rings (SSSR count). The lowest BCUT2D eigenvalue weighted by atomic mass is 10.1. The first-order valence-electron chi connectivity index (χ1n) is 9.29. The maximum atomic E-state index is 13.1. The van der Waals surface area contributed by atoms with E-state index in [0.29, 0.717) is 16.6 Å². The molecular weight excluding hydrogens is 467 g/mol. The number of aromatic nitrogens is 2. The van der Waals surface area contributed by atoms with Crippen molar-refractivity contribution in [1.82, 2.24) is 9.13 Å². The van der Waals surface area contributed by atoms with Gasteiger partial charge in [-0.05, 0) is 53.5 Å². The van der Waals surface area contributed by atoms with Crippen LogP contribution in [0, 0.1) is 3.57 Å². The fourth-order valence-corrected chi connectivity index (χ4v) is 3.93. The molecule has 0 aliphatic carbocycles. The van der Waals surface area contributed by atoms with E-state index in [4.69, 9.17) is 4.74 Å². The molecule has 1 aromatic heterocycles. The van der Waals surface area contributed by atoms with Crippen LogP contribution in [0.15, 0.2) is 70.3 Å². The number of ether oxygens (including phenoxy) is 1. The third-order valence-electron chi connectivity index (χ3n) is 4.58. The minimum Gasteiger partial charge on any atom is -0.361 e. The molecule has 0 saturated heterocycles. The van der Waals surface area contributed by atoms with Crippen LogP contribution < -0.4 is 11.2 Å². The first-order valence-corrected chi connectivity index (χ1v) is 10.4. The third-order valence-corrected chi connectivity index (χ3v) is 5.66. The van der Waals surface area contributed by atoms with Gasteiger partial charge < -0.3 is 4.74 Å². The Hall–Kier alpha value is -2.19. The number of aryl methyl sites for hydroxylation is 1. The van der Waals surface area contributed by atoms with E-state index in [-0.39, 0.29) is 24.5 Å².